The third kappa shape index (κ3) is 3.62. The van der Waals surface area contributed by atoms with Gasteiger partial charge in [0.05, 0.1) is 5.39 Å². The summed E-state index contributed by atoms with van der Waals surface area (Å²) in [6.45, 7) is 1.28. The van der Waals surface area contributed by atoms with E-state index in [2.05, 4.69) is 20.6 Å². The van der Waals surface area contributed by atoms with E-state index in [0.29, 0.717) is 13.2 Å². The molecule has 3 heterocycles. The maximum Gasteiger partial charge on any atom is 0.253 e. The number of nitrogens with one attached hydrogen (secondary N) is 2. The fourth-order valence-corrected chi connectivity index (χ4v) is 3.62. The van der Waals surface area contributed by atoms with Crippen LogP contribution in [0.1, 0.15) is 18.4 Å². The number of anilines is 2. The number of aromatic nitrogens is 2. The number of amides is 1. The van der Waals surface area contributed by atoms with Crippen LogP contribution in [-0.4, -0.2) is 28.6 Å². The molecule has 1 aliphatic heterocycles. The molecule has 1 aromatic carbocycles. The van der Waals surface area contributed by atoms with Gasteiger partial charge in [0, 0.05) is 18.8 Å². The average Bonchev–Trinajstić information content (AvgIpc) is 3.31. The Bertz CT molecular complexity index is 889. The van der Waals surface area contributed by atoms with Crippen molar-refractivity contribution in [2.24, 2.45) is 0 Å². The Morgan fingerprint density at radius 2 is 2.28 bits per heavy atom. The van der Waals surface area contributed by atoms with Gasteiger partial charge in [-0.2, -0.15) is 0 Å². The van der Waals surface area contributed by atoms with E-state index in [0.717, 1.165) is 40.1 Å². The molecule has 1 saturated heterocycles. The van der Waals surface area contributed by atoms with E-state index in [1.54, 1.807) is 17.7 Å². The van der Waals surface area contributed by atoms with E-state index >= 15 is 0 Å². The maximum atomic E-state index is 12.2. The highest BCUT2D eigenvalue weighted by Crippen LogP contribution is 2.24. The van der Waals surface area contributed by atoms with Crippen LogP contribution in [0.4, 0.5) is 11.5 Å². The van der Waals surface area contributed by atoms with Gasteiger partial charge >= 0.3 is 0 Å². The van der Waals surface area contributed by atoms with Crippen molar-refractivity contribution in [3.05, 3.63) is 47.6 Å². The maximum absolute atomic E-state index is 12.2. The first-order valence-electron chi connectivity index (χ1n) is 8.23. The number of thiophene rings is 1. The summed E-state index contributed by atoms with van der Waals surface area (Å²) < 4.78 is 5.42. The van der Waals surface area contributed by atoms with Crippen molar-refractivity contribution in [3.8, 4) is 0 Å². The normalized spacial score (nSPS) is 16.9. The molecule has 25 heavy (non-hydrogen) atoms. The van der Waals surface area contributed by atoms with E-state index < -0.39 is 0 Å². The Labute approximate surface area is 149 Å². The molecule has 0 radical (unpaired) electrons. The van der Waals surface area contributed by atoms with Crippen LogP contribution < -0.4 is 10.6 Å². The molecule has 1 amide bonds. The Morgan fingerprint density at radius 3 is 3.16 bits per heavy atom. The minimum absolute atomic E-state index is 0.0709. The Hall–Kier alpha value is -2.51. The summed E-state index contributed by atoms with van der Waals surface area (Å²) in [6, 6.07) is 9.81. The van der Waals surface area contributed by atoms with Gasteiger partial charge in [-0.1, -0.05) is 12.1 Å². The molecule has 2 aromatic heterocycles. The topological polar surface area (TPSA) is 76.1 Å². The van der Waals surface area contributed by atoms with Crippen molar-refractivity contribution in [1.82, 2.24) is 9.97 Å². The summed E-state index contributed by atoms with van der Waals surface area (Å²) in [7, 11) is 0. The van der Waals surface area contributed by atoms with E-state index in [1.165, 1.54) is 0 Å². The van der Waals surface area contributed by atoms with Gasteiger partial charge in [0.25, 0.3) is 5.91 Å². The lowest BCUT2D eigenvalue weighted by Gasteiger charge is -2.12. The molecule has 2 N–H and O–H groups in total. The van der Waals surface area contributed by atoms with Gasteiger partial charge in [-0.15, -0.1) is 11.3 Å². The smallest absolute Gasteiger partial charge is 0.253 e. The highest BCUT2D eigenvalue weighted by molar-refractivity contribution is 7.16. The fraction of sp³-hybridized carbons (Fsp3) is 0.278. The van der Waals surface area contributed by atoms with Crippen molar-refractivity contribution in [2.75, 3.05) is 17.2 Å². The van der Waals surface area contributed by atoms with E-state index in [1.807, 2.05) is 35.7 Å². The first kappa shape index (κ1) is 16.0. The summed E-state index contributed by atoms with van der Waals surface area (Å²) in [4.78, 5) is 21.7. The summed E-state index contributed by atoms with van der Waals surface area (Å²) in [5.41, 5.74) is 1.84. The van der Waals surface area contributed by atoms with Crippen LogP contribution in [0.2, 0.25) is 0 Å². The molecule has 0 bridgehead atoms. The third-order valence-corrected chi connectivity index (χ3v) is 4.96. The van der Waals surface area contributed by atoms with Crippen molar-refractivity contribution in [2.45, 2.75) is 25.5 Å². The third-order valence-electron chi connectivity index (χ3n) is 4.14. The number of rotatable bonds is 5. The predicted octanol–water partition coefficient (Wildman–Crippen LogP) is 3.42. The highest BCUT2D eigenvalue weighted by Gasteiger charge is 2.23. The first-order chi connectivity index (χ1) is 12.3. The molecule has 1 fully saturated rings. The van der Waals surface area contributed by atoms with Gasteiger partial charge in [-0.25, -0.2) is 9.97 Å². The molecule has 0 spiro atoms. The molecule has 6 nitrogen and oxygen atoms in total. The average molecular weight is 354 g/mol. The van der Waals surface area contributed by atoms with Crippen LogP contribution in [0.25, 0.3) is 10.2 Å². The molecule has 1 atom stereocenters. The van der Waals surface area contributed by atoms with Crippen molar-refractivity contribution in [1.29, 1.82) is 0 Å². The first-order valence-corrected chi connectivity index (χ1v) is 9.11. The van der Waals surface area contributed by atoms with E-state index in [4.69, 9.17) is 4.74 Å². The molecular formula is C18H18N4O2S. The number of ether oxygens (including phenoxy) is 1. The molecule has 3 aromatic rings. The Morgan fingerprint density at radius 1 is 1.32 bits per heavy atom. The number of hydrogen-bond donors (Lipinski definition) is 2. The second-order valence-corrected chi connectivity index (χ2v) is 6.80. The molecule has 128 valence electrons. The summed E-state index contributed by atoms with van der Waals surface area (Å²) >= 11 is 1.59. The number of carbonyl (C=O) groups is 1. The van der Waals surface area contributed by atoms with Gasteiger partial charge in [-0.05, 0) is 42.0 Å². The van der Waals surface area contributed by atoms with Crippen LogP contribution in [0, 0.1) is 0 Å². The van der Waals surface area contributed by atoms with Crippen molar-refractivity contribution >= 4 is 39.0 Å². The molecule has 7 heteroatoms. The highest BCUT2D eigenvalue weighted by atomic mass is 32.1. The summed E-state index contributed by atoms with van der Waals surface area (Å²) in [5, 5.41) is 9.31. The van der Waals surface area contributed by atoms with Gasteiger partial charge < -0.3 is 15.4 Å². The molecular weight excluding hydrogens is 336 g/mol. The Kier molecular flexibility index (Phi) is 4.58. The summed E-state index contributed by atoms with van der Waals surface area (Å²) in [6.07, 6.45) is 2.98. The van der Waals surface area contributed by atoms with E-state index in [-0.39, 0.29) is 12.0 Å². The lowest BCUT2D eigenvalue weighted by Crippen LogP contribution is -2.26. The number of carbonyl (C=O) groups excluding carboxylic acids is 1. The fourth-order valence-electron chi connectivity index (χ4n) is 2.88. The molecule has 0 unspecified atom stereocenters. The van der Waals surface area contributed by atoms with Crippen LogP contribution in [0.15, 0.2) is 42.0 Å². The zero-order valence-electron chi connectivity index (χ0n) is 13.6. The minimum Gasteiger partial charge on any atom is -0.368 e. The minimum atomic E-state index is -0.324. The lowest BCUT2D eigenvalue weighted by atomic mass is 10.2. The SMILES string of the molecule is O=C(Nc1cccc(CNc2ncnc3sccc23)c1)[C@H]1CCCO1. The molecule has 1 aliphatic rings. The number of fused-ring (bicyclic) bond motifs is 1. The number of benzene rings is 1. The van der Waals surface area contributed by atoms with Crippen LogP contribution in [-0.2, 0) is 16.1 Å². The zero-order valence-corrected chi connectivity index (χ0v) is 14.4. The quantitative estimate of drug-likeness (QED) is 0.734. The van der Waals surface area contributed by atoms with Crippen LogP contribution >= 0.6 is 11.3 Å². The standard InChI is InChI=1S/C18H18N4O2S/c23-17(15-5-2-7-24-15)22-13-4-1-3-12(9-13)10-19-16-14-6-8-25-18(14)21-11-20-16/h1,3-4,6,8-9,11,15H,2,5,7,10H2,(H,22,23)(H,19,20,21)/t15-/m1/s1. The van der Waals surface area contributed by atoms with Crippen LogP contribution in [0.3, 0.4) is 0 Å². The molecule has 0 aliphatic carbocycles. The van der Waals surface area contributed by atoms with Crippen molar-refractivity contribution < 1.29 is 9.53 Å². The molecule has 4 rings (SSSR count). The van der Waals surface area contributed by atoms with Gasteiger partial charge in [0.15, 0.2) is 0 Å². The van der Waals surface area contributed by atoms with Gasteiger partial charge in [-0.3, -0.25) is 4.79 Å². The van der Waals surface area contributed by atoms with Crippen molar-refractivity contribution in [3.63, 3.8) is 0 Å². The van der Waals surface area contributed by atoms with E-state index in [9.17, 15) is 4.79 Å². The van der Waals surface area contributed by atoms with Gasteiger partial charge in [0.2, 0.25) is 0 Å². The Balaban J connectivity index is 1.43. The van der Waals surface area contributed by atoms with Gasteiger partial charge in [0.1, 0.15) is 23.1 Å². The molecule has 0 saturated carbocycles. The summed E-state index contributed by atoms with van der Waals surface area (Å²) in [5.74, 6) is 0.749. The van der Waals surface area contributed by atoms with Crippen LogP contribution in [0.5, 0.6) is 0 Å². The monoisotopic (exact) mass is 354 g/mol. The second-order valence-electron chi connectivity index (χ2n) is 5.91. The second kappa shape index (κ2) is 7.16. The number of nitrogens with zero attached hydrogens (tertiary/aromatic N) is 2. The zero-order chi connectivity index (χ0) is 17.1. The predicted molar refractivity (Wildman–Crippen MR) is 98.8 cm³/mol. The number of hydrogen-bond acceptors (Lipinski definition) is 6. The lowest BCUT2D eigenvalue weighted by molar-refractivity contribution is -0.124. The largest absolute Gasteiger partial charge is 0.368 e.